The van der Waals surface area contributed by atoms with Crippen molar-refractivity contribution in [3.8, 4) is 10.4 Å². The van der Waals surface area contributed by atoms with Crippen molar-refractivity contribution in [3.63, 3.8) is 0 Å². The summed E-state index contributed by atoms with van der Waals surface area (Å²) in [4.78, 5) is 3.45. The second-order valence-corrected chi connectivity index (χ2v) is 5.67. The van der Waals surface area contributed by atoms with Crippen LogP contribution in [0.1, 0.15) is 0 Å². The molecular weight excluding hydrogens is 238 g/mol. The number of fused-ring (bicyclic) bond motifs is 1. The Morgan fingerprint density at radius 3 is 2.28 bits per heavy atom. The van der Waals surface area contributed by atoms with Gasteiger partial charge in [-0.3, -0.25) is 0 Å². The first-order valence-corrected chi connectivity index (χ1v) is 6.82. The van der Waals surface area contributed by atoms with Crippen molar-refractivity contribution in [2.24, 2.45) is 0 Å². The predicted molar refractivity (Wildman–Crippen MR) is 81.6 cm³/mol. The Kier molecular flexibility index (Phi) is 2.80. The number of hydrogen-bond donors (Lipinski definition) is 0. The highest BCUT2D eigenvalue weighted by molar-refractivity contribution is 7.22. The monoisotopic (exact) mass is 253 g/mol. The largest absolute Gasteiger partial charge is 0.378 e. The van der Waals surface area contributed by atoms with E-state index in [2.05, 4.69) is 73.6 Å². The van der Waals surface area contributed by atoms with E-state index in [1.807, 2.05) is 11.3 Å². The van der Waals surface area contributed by atoms with Crippen molar-refractivity contribution < 1.29 is 0 Å². The first-order valence-electron chi connectivity index (χ1n) is 6.00. The second kappa shape index (κ2) is 4.46. The molecule has 0 fully saturated rings. The fraction of sp³-hybridized carbons (Fsp3) is 0.125. The van der Waals surface area contributed by atoms with Crippen LogP contribution < -0.4 is 4.90 Å². The van der Waals surface area contributed by atoms with Gasteiger partial charge in [-0.1, -0.05) is 30.3 Å². The number of hydrogen-bond acceptors (Lipinski definition) is 2. The molecule has 0 saturated heterocycles. The first-order chi connectivity index (χ1) is 8.74. The zero-order valence-electron chi connectivity index (χ0n) is 10.6. The average molecular weight is 253 g/mol. The summed E-state index contributed by atoms with van der Waals surface area (Å²) in [5.41, 5.74) is 2.53. The lowest BCUT2D eigenvalue weighted by molar-refractivity contribution is 1.13. The number of nitrogens with zero attached hydrogens (tertiary/aromatic N) is 1. The molecule has 0 aliphatic carbocycles. The smallest absolute Gasteiger partial charge is 0.0361 e. The summed E-state index contributed by atoms with van der Waals surface area (Å²) < 4.78 is 1.35. The highest BCUT2D eigenvalue weighted by Gasteiger charge is 2.04. The quantitative estimate of drug-likeness (QED) is 0.643. The van der Waals surface area contributed by atoms with Crippen LogP contribution in [-0.4, -0.2) is 14.1 Å². The van der Waals surface area contributed by atoms with Crippen LogP contribution in [0.3, 0.4) is 0 Å². The summed E-state index contributed by atoms with van der Waals surface area (Å²) in [6.45, 7) is 0. The van der Waals surface area contributed by atoms with Crippen molar-refractivity contribution in [1.82, 2.24) is 0 Å². The maximum Gasteiger partial charge on any atom is 0.0361 e. The Balaban J connectivity index is 2.03. The third kappa shape index (κ3) is 2.00. The lowest BCUT2D eigenvalue weighted by Gasteiger charge is -2.12. The molecule has 0 bridgehead atoms. The van der Waals surface area contributed by atoms with Crippen LogP contribution in [0, 0.1) is 0 Å². The molecule has 3 rings (SSSR count). The molecule has 2 aromatic carbocycles. The molecule has 0 aliphatic heterocycles. The van der Waals surface area contributed by atoms with Crippen molar-refractivity contribution in [2.45, 2.75) is 0 Å². The SMILES string of the molecule is CN(C)c1ccc(-c2cc3ccccc3s2)cc1. The van der Waals surface area contributed by atoms with Crippen LogP contribution in [-0.2, 0) is 0 Å². The lowest BCUT2D eigenvalue weighted by Crippen LogP contribution is -2.07. The zero-order chi connectivity index (χ0) is 12.5. The number of rotatable bonds is 2. The number of benzene rings is 2. The minimum absolute atomic E-state index is 1.24. The van der Waals surface area contributed by atoms with Gasteiger partial charge in [0, 0.05) is 29.4 Å². The van der Waals surface area contributed by atoms with Gasteiger partial charge in [-0.2, -0.15) is 0 Å². The van der Waals surface area contributed by atoms with Gasteiger partial charge in [-0.15, -0.1) is 11.3 Å². The van der Waals surface area contributed by atoms with Crippen LogP contribution in [0.5, 0.6) is 0 Å². The van der Waals surface area contributed by atoms with Gasteiger partial charge in [0.05, 0.1) is 0 Å². The predicted octanol–water partition coefficient (Wildman–Crippen LogP) is 4.63. The van der Waals surface area contributed by atoms with Gasteiger partial charge >= 0.3 is 0 Å². The molecule has 0 amide bonds. The Bertz CT molecular complexity index is 632. The highest BCUT2D eigenvalue weighted by Crippen LogP contribution is 2.33. The Hall–Kier alpha value is -1.80. The van der Waals surface area contributed by atoms with Gasteiger partial charge in [0.2, 0.25) is 0 Å². The van der Waals surface area contributed by atoms with E-state index in [4.69, 9.17) is 0 Å². The van der Waals surface area contributed by atoms with Crippen LogP contribution in [0.25, 0.3) is 20.5 Å². The highest BCUT2D eigenvalue weighted by atomic mass is 32.1. The molecule has 1 aromatic heterocycles. The van der Waals surface area contributed by atoms with Gasteiger partial charge in [0.1, 0.15) is 0 Å². The molecule has 0 saturated carbocycles. The number of thiophene rings is 1. The minimum Gasteiger partial charge on any atom is -0.378 e. The molecule has 0 N–H and O–H groups in total. The topological polar surface area (TPSA) is 3.24 Å². The summed E-state index contributed by atoms with van der Waals surface area (Å²) in [5.74, 6) is 0. The minimum atomic E-state index is 1.24. The van der Waals surface area contributed by atoms with Crippen LogP contribution in [0.15, 0.2) is 54.6 Å². The maximum absolute atomic E-state index is 2.27. The third-order valence-corrected chi connectivity index (χ3v) is 4.26. The molecule has 0 aliphatic rings. The molecule has 0 unspecified atom stereocenters. The first kappa shape index (κ1) is 11.3. The average Bonchev–Trinajstić information content (AvgIpc) is 2.82. The fourth-order valence-corrected chi connectivity index (χ4v) is 3.12. The summed E-state index contributed by atoms with van der Waals surface area (Å²) in [5, 5.41) is 1.33. The molecule has 0 radical (unpaired) electrons. The summed E-state index contributed by atoms with van der Waals surface area (Å²) >= 11 is 1.85. The van der Waals surface area contributed by atoms with E-state index in [1.54, 1.807) is 0 Å². The van der Waals surface area contributed by atoms with Gasteiger partial charge < -0.3 is 4.90 Å². The Labute approximate surface area is 111 Å². The Morgan fingerprint density at radius 1 is 0.889 bits per heavy atom. The lowest BCUT2D eigenvalue weighted by atomic mass is 10.1. The van der Waals surface area contributed by atoms with E-state index in [9.17, 15) is 0 Å². The molecule has 1 nitrogen and oxygen atoms in total. The molecule has 18 heavy (non-hydrogen) atoms. The van der Waals surface area contributed by atoms with E-state index < -0.39 is 0 Å². The molecule has 0 spiro atoms. The molecule has 2 heteroatoms. The normalized spacial score (nSPS) is 10.8. The summed E-state index contributed by atoms with van der Waals surface area (Å²) in [7, 11) is 4.13. The van der Waals surface area contributed by atoms with E-state index in [-0.39, 0.29) is 0 Å². The van der Waals surface area contributed by atoms with E-state index >= 15 is 0 Å². The van der Waals surface area contributed by atoms with E-state index in [0.717, 1.165) is 0 Å². The van der Waals surface area contributed by atoms with Crippen molar-refractivity contribution in [2.75, 3.05) is 19.0 Å². The van der Waals surface area contributed by atoms with Crippen LogP contribution in [0.2, 0.25) is 0 Å². The number of anilines is 1. The van der Waals surface area contributed by atoms with Gasteiger partial charge in [0.25, 0.3) is 0 Å². The standard InChI is InChI=1S/C16H15NS/c1-17(2)14-9-7-12(8-10-14)16-11-13-5-3-4-6-15(13)18-16/h3-11H,1-2H3. The zero-order valence-corrected chi connectivity index (χ0v) is 11.4. The molecule has 1 heterocycles. The van der Waals surface area contributed by atoms with Crippen molar-refractivity contribution in [3.05, 3.63) is 54.6 Å². The molecular formula is C16H15NS. The maximum atomic E-state index is 2.27. The van der Waals surface area contributed by atoms with Crippen molar-refractivity contribution >= 4 is 27.1 Å². The van der Waals surface area contributed by atoms with Crippen LogP contribution in [0.4, 0.5) is 5.69 Å². The molecule has 3 aromatic rings. The summed E-state index contributed by atoms with van der Waals surface area (Å²) in [6, 6.07) is 19.5. The van der Waals surface area contributed by atoms with Gasteiger partial charge in [-0.25, -0.2) is 0 Å². The van der Waals surface area contributed by atoms with Crippen molar-refractivity contribution in [1.29, 1.82) is 0 Å². The van der Waals surface area contributed by atoms with Crippen LogP contribution >= 0.6 is 11.3 Å². The molecule has 0 atom stereocenters. The van der Waals surface area contributed by atoms with Gasteiger partial charge in [0.15, 0.2) is 0 Å². The third-order valence-electron chi connectivity index (χ3n) is 3.09. The van der Waals surface area contributed by atoms with Gasteiger partial charge in [-0.05, 0) is 35.2 Å². The second-order valence-electron chi connectivity index (χ2n) is 4.59. The molecule has 90 valence electrons. The van der Waals surface area contributed by atoms with E-state index in [1.165, 1.54) is 26.2 Å². The fourth-order valence-electron chi connectivity index (χ4n) is 2.05. The summed E-state index contributed by atoms with van der Waals surface area (Å²) in [6.07, 6.45) is 0. The Morgan fingerprint density at radius 2 is 1.61 bits per heavy atom. The van der Waals surface area contributed by atoms with E-state index in [0.29, 0.717) is 0 Å².